The van der Waals surface area contributed by atoms with Crippen LogP contribution in [0.5, 0.6) is 0 Å². The lowest BCUT2D eigenvalue weighted by Gasteiger charge is -2.33. The maximum absolute atomic E-state index is 5.70. The summed E-state index contributed by atoms with van der Waals surface area (Å²) in [5.41, 5.74) is 1.44. The van der Waals surface area contributed by atoms with Crippen molar-refractivity contribution in [2.24, 2.45) is 0 Å². The first kappa shape index (κ1) is 15.6. The van der Waals surface area contributed by atoms with E-state index in [1.807, 2.05) is 6.20 Å². The Labute approximate surface area is 127 Å². The summed E-state index contributed by atoms with van der Waals surface area (Å²) in [6.07, 6.45) is 4.48. The Kier molecular flexibility index (Phi) is 5.28. The smallest absolute Gasteiger partial charge is 0.128 e. The molecule has 0 N–H and O–H groups in total. The molecule has 2 heterocycles. The number of aromatic nitrogens is 1. The molecular formula is C16H25ClN2O. The van der Waals surface area contributed by atoms with E-state index < -0.39 is 0 Å². The van der Waals surface area contributed by atoms with Crippen LogP contribution in [-0.4, -0.2) is 36.7 Å². The van der Waals surface area contributed by atoms with E-state index in [-0.39, 0.29) is 5.41 Å². The van der Waals surface area contributed by atoms with Gasteiger partial charge in [0, 0.05) is 25.2 Å². The molecule has 112 valence electrons. The zero-order valence-electron chi connectivity index (χ0n) is 12.7. The number of hydrogen-bond donors (Lipinski definition) is 0. The topological polar surface area (TPSA) is 25.4 Å². The quantitative estimate of drug-likeness (QED) is 0.794. The Morgan fingerprint density at radius 1 is 1.30 bits per heavy atom. The second-order valence-corrected chi connectivity index (χ2v) is 6.78. The van der Waals surface area contributed by atoms with Gasteiger partial charge in [-0.3, -0.25) is 0 Å². The minimum Gasteiger partial charge on any atom is -0.377 e. The van der Waals surface area contributed by atoms with E-state index in [4.69, 9.17) is 16.3 Å². The van der Waals surface area contributed by atoms with Gasteiger partial charge in [-0.25, -0.2) is 4.98 Å². The van der Waals surface area contributed by atoms with Crippen LogP contribution in [0, 0.1) is 0 Å². The Bertz CT molecular complexity index is 405. The standard InChI is InChI=1S/C16H25ClN2O/c1-16(2,3)13-4-5-15(18-12-13)19-9-6-14(7-10-19)20-11-8-17/h4-5,12,14H,6-11H2,1-3H3. The molecule has 0 bridgehead atoms. The van der Waals surface area contributed by atoms with Gasteiger partial charge < -0.3 is 9.64 Å². The Morgan fingerprint density at radius 3 is 2.50 bits per heavy atom. The summed E-state index contributed by atoms with van der Waals surface area (Å²) >= 11 is 5.65. The molecule has 0 amide bonds. The van der Waals surface area contributed by atoms with Crippen LogP contribution in [0.25, 0.3) is 0 Å². The summed E-state index contributed by atoms with van der Waals surface area (Å²) < 4.78 is 5.70. The van der Waals surface area contributed by atoms with Gasteiger partial charge in [-0.2, -0.15) is 0 Å². The lowest BCUT2D eigenvalue weighted by atomic mass is 9.88. The van der Waals surface area contributed by atoms with E-state index in [1.54, 1.807) is 0 Å². The van der Waals surface area contributed by atoms with Crippen LogP contribution < -0.4 is 4.90 Å². The molecule has 1 saturated heterocycles. The Morgan fingerprint density at radius 2 is 2.00 bits per heavy atom. The van der Waals surface area contributed by atoms with Crippen LogP contribution in [-0.2, 0) is 10.2 Å². The van der Waals surface area contributed by atoms with Gasteiger partial charge in [0.05, 0.1) is 12.7 Å². The number of anilines is 1. The van der Waals surface area contributed by atoms with Crippen LogP contribution in [0.2, 0.25) is 0 Å². The first-order valence-corrected chi connectivity index (χ1v) is 7.93. The fraction of sp³-hybridized carbons (Fsp3) is 0.688. The summed E-state index contributed by atoms with van der Waals surface area (Å²) in [7, 11) is 0. The summed E-state index contributed by atoms with van der Waals surface area (Å²) in [6.45, 7) is 9.31. The number of nitrogens with zero attached hydrogens (tertiary/aromatic N) is 2. The fourth-order valence-corrected chi connectivity index (χ4v) is 2.57. The molecule has 1 aliphatic rings. The fourth-order valence-electron chi connectivity index (χ4n) is 2.48. The molecule has 1 aromatic rings. The number of ether oxygens (including phenoxy) is 1. The van der Waals surface area contributed by atoms with E-state index in [0.29, 0.717) is 18.6 Å². The average Bonchev–Trinajstić information content (AvgIpc) is 2.45. The third-order valence-corrected chi connectivity index (χ3v) is 3.96. The maximum Gasteiger partial charge on any atom is 0.128 e. The van der Waals surface area contributed by atoms with Gasteiger partial charge in [-0.15, -0.1) is 11.6 Å². The van der Waals surface area contributed by atoms with E-state index in [9.17, 15) is 0 Å². The molecule has 0 atom stereocenters. The lowest BCUT2D eigenvalue weighted by molar-refractivity contribution is 0.0471. The zero-order chi connectivity index (χ0) is 14.6. The van der Waals surface area contributed by atoms with Gasteiger partial charge >= 0.3 is 0 Å². The second-order valence-electron chi connectivity index (χ2n) is 6.40. The normalized spacial score (nSPS) is 17.5. The monoisotopic (exact) mass is 296 g/mol. The van der Waals surface area contributed by atoms with Crippen LogP contribution in [0.1, 0.15) is 39.2 Å². The second kappa shape index (κ2) is 6.77. The summed E-state index contributed by atoms with van der Waals surface area (Å²) in [5, 5.41) is 0. The number of pyridine rings is 1. The highest BCUT2D eigenvalue weighted by molar-refractivity contribution is 6.17. The average molecular weight is 297 g/mol. The van der Waals surface area contributed by atoms with Crippen LogP contribution in [0.15, 0.2) is 18.3 Å². The van der Waals surface area contributed by atoms with Crippen molar-refractivity contribution in [2.75, 3.05) is 30.5 Å². The predicted octanol–water partition coefficient (Wildman–Crippen LogP) is 3.60. The molecule has 0 radical (unpaired) electrons. The molecule has 3 nitrogen and oxygen atoms in total. The van der Waals surface area contributed by atoms with E-state index in [1.165, 1.54) is 5.56 Å². The molecule has 1 aromatic heterocycles. The zero-order valence-corrected chi connectivity index (χ0v) is 13.5. The largest absolute Gasteiger partial charge is 0.377 e. The van der Waals surface area contributed by atoms with Crippen molar-refractivity contribution in [3.8, 4) is 0 Å². The van der Waals surface area contributed by atoms with Gasteiger partial charge in [-0.05, 0) is 29.9 Å². The van der Waals surface area contributed by atoms with Gasteiger partial charge in [0.2, 0.25) is 0 Å². The third-order valence-electron chi connectivity index (χ3n) is 3.81. The minimum absolute atomic E-state index is 0.161. The number of halogens is 1. The molecule has 20 heavy (non-hydrogen) atoms. The predicted molar refractivity (Wildman–Crippen MR) is 84.8 cm³/mol. The van der Waals surface area contributed by atoms with Crippen molar-refractivity contribution in [1.29, 1.82) is 0 Å². The summed E-state index contributed by atoms with van der Waals surface area (Å²) in [6, 6.07) is 4.33. The molecule has 0 aromatic carbocycles. The number of piperidine rings is 1. The summed E-state index contributed by atoms with van der Waals surface area (Å²) in [4.78, 5) is 6.96. The first-order valence-electron chi connectivity index (χ1n) is 7.40. The first-order chi connectivity index (χ1) is 9.50. The van der Waals surface area contributed by atoms with Crippen molar-refractivity contribution in [1.82, 2.24) is 4.98 Å². The maximum atomic E-state index is 5.70. The Hall–Kier alpha value is -0.800. The van der Waals surface area contributed by atoms with Crippen LogP contribution >= 0.6 is 11.6 Å². The number of hydrogen-bond acceptors (Lipinski definition) is 3. The summed E-state index contributed by atoms with van der Waals surface area (Å²) in [5.74, 6) is 1.66. The highest BCUT2D eigenvalue weighted by Gasteiger charge is 2.21. The lowest BCUT2D eigenvalue weighted by Crippen LogP contribution is -2.37. The number of rotatable bonds is 4. The number of alkyl halides is 1. The highest BCUT2D eigenvalue weighted by atomic mass is 35.5. The van der Waals surface area contributed by atoms with Gasteiger partial charge in [0.25, 0.3) is 0 Å². The van der Waals surface area contributed by atoms with Crippen molar-refractivity contribution >= 4 is 17.4 Å². The van der Waals surface area contributed by atoms with Crippen molar-refractivity contribution in [3.05, 3.63) is 23.9 Å². The molecule has 2 rings (SSSR count). The molecule has 0 unspecified atom stereocenters. The van der Waals surface area contributed by atoms with Crippen molar-refractivity contribution < 1.29 is 4.74 Å². The third kappa shape index (κ3) is 4.10. The minimum atomic E-state index is 0.161. The van der Waals surface area contributed by atoms with Gasteiger partial charge in [0.15, 0.2) is 0 Å². The van der Waals surface area contributed by atoms with Gasteiger partial charge in [0.1, 0.15) is 5.82 Å². The SMILES string of the molecule is CC(C)(C)c1ccc(N2CCC(OCCCl)CC2)nc1. The van der Waals surface area contributed by atoms with E-state index in [2.05, 4.69) is 42.8 Å². The molecule has 4 heteroatoms. The van der Waals surface area contributed by atoms with Crippen LogP contribution in [0.4, 0.5) is 5.82 Å². The van der Waals surface area contributed by atoms with E-state index >= 15 is 0 Å². The van der Waals surface area contributed by atoms with E-state index in [0.717, 1.165) is 31.7 Å². The van der Waals surface area contributed by atoms with Crippen LogP contribution in [0.3, 0.4) is 0 Å². The highest BCUT2D eigenvalue weighted by Crippen LogP contribution is 2.24. The van der Waals surface area contributed by atoms with Crippen molar-refractivity contribution in [2.45, 2.75) is 45.1 Å². The Balaban J connectivity index is 1.90. The molecule has 0 aliphatic carbocycles. The molecule has 1 aliphatic heterocycles. The van der Waals surface area contributed by atoms with Crippen molar-refractivity contribution in [3.63, 3.8) is 0 Å². The molecule has 0 saturated carbocycles. The molecule has 1 fully saturated rings. The molecular weight excluding hydrogens is 272 g/mol. The molecule has 0 spiro atoms. The van der Waals surface area contributed by atoms with Gasteiger partial charge in [-0.1, -0.05) is 26.8 Å².